The van der Waals surface area contributed by atoms with Gasteiger partial charge in [0.05, 0.1) is 36.1 Å². The van der Waals surface area contributed by atoms with Crippen LogP contribution in [0.15, 0.2) is 35.5 Å². The number of morpholine rings is 1. The molecule has 3 aliphatic rings. The molecule has 0 spiro atoms. The van der Waals surface area contributed by atoms with Crippen molar-refractivity contribution in [2.24, 2.45) is 0 Å². The Morgan fingerprint density at radius 2 is 1.87 bits per heavy atom. The lowest BCUT2D eigenvalue weighted by atomic mass is 9.96. The number of hydrogen-bond acceptors (Lipinski definition) is 4. The SMILES string of the molecule is C[C@@H]1CN(C(=O)CN2CC3=C(C2=O)[C@H](c2ccccc2Cl)NC(=O)N3C)C[C@@H](C)O1. The molecule has 0 bridgehead atoms. The molecular formula is C21H25ClN4O4. The molecule has 3 aliphatic heterocycles. The fourth-order valence-corrected chi connectivity index (χ4v) is 4.58. The first-order chi connectivity index (χ1) is 14.3. The highest BCUT2D eigenvalue weighted by molar-refractivity contribution is 6.31. The van der Waals surface area contributed by atoms with E-state index in [2.05, 4.69) is 5.32 Å². The molecule has 1 fully saturated rings. The van der Waals surface area contributed by atoms with Crippen LogP contribution in [0.1, 0.15) is 25.5 Å². The van der Waals surface area contributed by atoms with Crippen LogP contribution < -0.4 is 5.32 Å². The van der Waals surface area contributed by atoms with Gasteiger partial charge in [0.2, 0.25) is 5.91 Å². The number of rotatable bonds is 3. The summed E-state index contributed by atoms with van der Waals surface area (Å²) >= 11 is 6.34. The van der Waals surface area contributed by atoms with Gasteiger partial charge in [-0.2, -0.15) is 0 Å². The summed E-state index contributed by atoms with van der Waals surface area (Å²) in [5.41, 5.74) is 1.72. The number of likely N-dealkylation sites (N-methyl/N-ethyl adjacent to an activating group) is 1. The van der Waals surface area contributed by atoms with Crippen molar-refractivity contribution in [3.63, 3.8) is 0 Å². The number of ether oxygens (including phenoxy) is 1. The summed E-state index contributed by atoms with van der Waals surface area (Å²) in [6, 6.07) is 6.17. The van der Waals surface area contributed by atoms with E-state index >= 15 is 0 Å². The molecule has 1 aromatic carbocycles. The number of amides is 4. The van der Waals surface area contributed by atoms with Gasteiger partial charge in [0.1, 0.15) is 6.54 Å². The summed E-state index contributed by atoms with van der Waals surface area (Å²) in [6.45, 7) is 5.03. The molecule has 1 aromatic rings. The minimum Gasteiger partial charge on any atom is -0.372 e. The van der Waals surface area contributed by atoms with Crippen molar-refractivity contribution in [2.75, 3.05) is 33.2 Å². The summed E-state index contributed by atoms with van der Waals surface area (Å²) < 4.78 is 5.69. The number of hydrogen-bond donors (Lipinski definition) is 1. The molecule has 8 nitrogen and oxygen atoms in total. The molecule has 30 heavy (non-hydrogen) atoms. The van der Waals surface area contributed by atoms with E-state index in [1.807, 2.05) is 19.9 Å². The number of halogens is 1. The Bertz CT molecular complexity index is 923. The molecule has 0 aromatic heterocycles. The lowest BCUT2D eigenvalue weighted by Crippen LogP contribution is -2.51. The average molecular weight is 433 g/mol. The average Bonchev–Trinajstić information content (AvgIpc) is 3.01. The van der Waals surface area contributed by atoms with Gasteiger partial charge < -0.3 is 19.9 Å². The third-order valence-corrected chi connectivity index (χ3v) is 6.09. The molecule has 0 unspecified atom stereocenters. The molecule has 4 rings (SSSR count). The first kappa shape index (κ1) is 20.7. The van der Waals surface area contributed by atoms with Crippen LogP contribution in [0.3, 0.4) is 0 Å². The van der Waals surface area contributed by atoms with Crippen molar-refractivity contribution >= 4 is 29.4 Å². The summed E-state index contributed by atoms with van der Waals surface area (Å²) in [4.78, 5) is 43.4. The third-order valence-electron chi connectivity index (χ3n) is 5.75. The van der Waals surface area contributed by atoms with Crippen LogP contribution in [0.5, 0.6) is 0 Å². The Hall–Kier alpha value is -2.58. The topological polar surface area (TPSA) is 82.2 Å². The summed E-state index contributed by atoms with van der Waals surface area (Å²) in [7, 11) is 1.62. The molecule has 1 N–H and O–H groups in total. The Morgan fingerprint density at radius 3 is 2.53 bits per heavy atom. The van der Waals surface area contributed by atoms with Gasteiger partial charge in [-0.15, -0.1) is 0 Å². The van der Waals surface area contributed by atoms with Crippen LogP contribution in [0.2, 0.25) is 5.02 Å². The van der Waals surface area contributed by atoms with Gasteiger partial charge in [-0.05, 0) is 25.5 Å². The predicted molar refractivity (Wildman–Crippen MR) is 111 cm³/mol. The van der Waals surface area contributed by atoms with E-state index in [1.54, 1.807) is 30.1 Å². The monoisotopic (exact) mass is 432 g/mol. The molecular weight excluding hydrogens is 408 g/mol. The maximum atomic E-state index is 13.3. The minimum absolute atomic E-state index is 0.0391. The number of carbonyl (C=O) groups excluding carboxylic acids is 3. The fourth-order valence-electron chi connectivity index (χ4n) is 4.34. The van der Waals surface area contributed by atoms with Gasteiger partial charge in [0, 0.05) is 25.2 Å². The summed E-state index contributed by atoms with van der Waals surface area (Å²) in [6.07, 6.45) is -0.0910. The fraction of sp³-hybridized carbons (Fsp3) is 0.476. The van der Waals surface area contributed by atoms with Crippen molar-refractivity contribution in [3.05, 3.63) is 46.1 Å². The predicted octanol–water partition coefficient (Wildman–Crippen LogP) is 1.77. The van der Waals surface area contributed by atoms with Gasteiger partial charge in [-0.3, -0.25) is 14.5 Å². The Morgan fingerprint density at radius 1 is 1.20 bits per heavy atom. The first-order valence-electron chi connectivity index (χ1n) is 10.0. The van der Waals surface area contributed by atoms with Crippen molar-refractivity contribution in [1.29, 1.82) is 0 Å². The van der Waals surface area contributed by atoms with Gasteiger partial charge in [-0.1, -0.05) is 29.8 Å². The second kappa shape index (κ2) is 7.92. The van der Waals surface area contributed by atoms with Crippen LogP contribution in [0.4, 0.5) is 4.79 Å². The molecule has 3 atom stereocenters. The third kappa shape index (κ3) is 3.65. The van der Waals surface area contributed by atoms with Crippen LogP contribution >= 0.6 is 11.6 Å². The number of carbonyl (C=O) groups is 3. The molecule has 9 heteroatoms. The lowest BCUT2D eigenvalue weighted by Gasteiger charge is -2.36. The zero-order chi connectivity index (χ0) is 21.6. The van der Waals surface area contributed by atoms with Crippen molar-refractivity contribution in [1.82, 2.24) is 20.0 Å². The molecule has 4 amide bonds. The zero-order valence-electron chi connectivity index (χ0n) is 17.2. The first-order valence-corrected chi connectivity index (χ1v) is 10.4. The lowest BCUT2D eigenvalue weighted by molar-refractivity contribution is -0.146. The zero-order valence-corrected chi connectivity index (χ0v) is 18.0. The smallest absolute Gasteiger partial charge is 0.322 e. The van der Waals surface area contributed by atoms with E-state index in [-0.39, 0.29) is 43.1 Å². The largest absolute Gasteiger partial charge is 0.372 e. The van der Waals surface area contributed by atoms with Gasteiger partial charge in [-0.25, -0.2) is 4.79 Å². The van der Waals surface area contributed by atoms with Gasteiger partial charge >= 0.3 is 6.03 Å². The number of nitrogens with zero attached hydrogens (tertiary/aromatic N) is 3. The van der Waals surface area contributed by atoms with E-state index in [9.17, 15) is 14.4 Å². The molecule has 0 saturated carbocycles. The van der Waals surface area contributed by atoms with Crippen molar-refractivity contribution < 1.29 is 19.1 Å². The normalized spacial score (nSPS) is 26.8. The number of nitrogens with one attached hydrogen (secondary N) is 1. The van der Waals surface area contributed by atoms with Gasteiger partial charge in [0.25, 0.3) is 5.91 Å². The maximum absolute atomic E-state index is 13.3. The number of urea groups is 1. The van der Waals surface area contributed by atoms with Crippen LogP contribution in [0, 0.1) is 0 Å². The van der Waals surface area contributed by atoms with Crippen LogP contribution in [-0.4, -0.2) is 78.0 Å². The summed E-state index contributed by atoms with van der Waals surface area (Å²) in [5, 5.41) is 3.33. The standard InChI is InChI=1S/C21H25ClN4O4/c1-12-8-25(9-13(2)30-12)17(27)11-26-10-16-18(20(26)28)19(23-21(29)24(16)3)14-6-4-5-7-15(14)22/h4-7,12-13,19H,8-11H2,1-3H3,(H,23,29)/t12-,13-,19+/m1/s1. The van der Waals surface area contributed by atoms with E-state index in [0.717, 1.165) is 0 Å². The second-order valence-electron chi connectivity index (χ2n) is 8.04. The highest BCUT2D eigenvalue weighted by atomic mass is 35.5. The molecule has 0 aliphatic carbocycles. The molecule has 1 saturated heterocycles. The van der Waals surface area contributed by atoms with E-state index in [1.165, 1.54) is 9.80 Å². The van der Waals surface area contributed by atoms with Crippen LogP contribution in [-0.2, 0) is 14.3 Å². The van der Waals surface area contributed by atoms with Crippen LogP contribution in [0.25, 0.3) is 0 Å². The molecule has 160 valence electrons. The summed E-state index contributed by atoms with van der Waals surface area (Å²) in [5.74, 6) is -0.383. The quantitative estimate of drug-likeness (QED) is 0.789. The van der Waals surface area contributed by atoms with Crippen molar-refractivity contribution in [3.8, 4) is 0 Å². The van der Waals surface area contributed by atoms with Gasteiger partial charge in [0.15, 0.2) is 0 Å². The molecule has 3 heterocycles. The van der Waals surface area contributed by atoms with E-state index in [4.69, 9.17) is 16.3 Å². The second-order valence-corrected chi connectivity index (χ2v) is 8.45. The van der Waals surface area contributed by atoms with E-state index < -0.39 is 6.04 Å². The maximum Gasteiger partial charge on any atom is 0.322 e. The Kier molecular flexibility index (Phi) is 5.46. The minimum atomic E-state index is -0.645. The molecule has 0 radical (unpaired) electrons. The Balaban J connectivity index is 1.57. The van der Waals surface area contributed by atoms with E-state index in [0.29, 0.717) is 34.9 Å². The highest BCUT2D eigenvalue weighted by Gasteiger charge is 2.44. The Labute approximate surface area is 180 Å². The number of benzene rings is 1. The highest BCUT2D eigenvalue weighted by Crippen LogP contribution is 2.37. The van der Waals surface area contributed by atoms with Crippen molar-refractivity contribution in [2.45, 2.75) is 32.1 Å².